The van der Waals surface area contributed by atoms with Gasteiger partial charge in [-0.1, -0.05) is 35.9 Å². The van der Waals surface area contributed by atoms with Gasteiger partial charge in [-0.2, -0.15) is 5.26 Å². The lowest BCUT2D eigenvalue weighted by Gasteiger charge is -2.34. The summed E-state index contributed by atoms with van der Waals surface area (Å²) in [6, 6.07) is 17.2. The third-order valence-electron chi connectivity index (χ3n) is 8.74. The second kappa shape index (κ2) is 11.4. The molecule has 9 nitrogen and oxygen atoms in total. The molecule has 0 unspecified atom stereocenters. The molecule has 0 saturated carbocycles. The molecular formula is C34H31ClFN7O2. The number of carbonyl (C=O) groups is 1. The van der Waals surface area contributed by atoms with Crippen molar-refractivity contribution in [3.63, 3.8) is 0 Å². The number of nitriles is 1. The van der Waals surface area contributed by atoms with Crippen molar-refractivity contribution in [2.45, 2.75) is 32.6 Å². The smallest absolute Gasteiger partial charge is 0.291 e. The number of aromatic nitrogens is 3. The Morgan fingerprint density at radius 2 is 1.89 bits per heavy atom. The molecule has 1 amide bonds. The van der Waals surface area contributed by atoms with Gasteiger partial charge in [-0.05, 0) is 54.9 Å². The third-order valence-corrected chi connectivity index (χ3v) is 9.15. The maximum atomic E-state index is 13.4. The van der Waals surface area contributed by atoms with Crippen molar-refractivity contribution in [2.75, 3.05) is 32.0 Å². The Bertz CT molecular complexity index is 2020. The van der Waals surface area contributed by atoms with Crippen molar-refractivity contribution < 1.29 is 13.6 Å². The summed E-state index contributed by atoms with van der Waals surface area (Å²) in [5.74, 6) is 0.412. The molecule has 5 aromatic rings. The number of rotatable bonds is 6. The number of halogens is 2. The van der Waals surface area contributed by atoms with Crippen LogP contribution in [0.3, 0.4) is 0 Å². The van der Waals surface area contributed by atoms with Crippen molar-refractivity contribution in [3.05, 3.63) is 87.5 Å². The highest BCUT2D eigenvalue weighted by Crippen LogP contribution is 2.39. The molecule has 0 bridgehead atoms. The largest absolute Gasteiger partial charge is 0.435 e. The number of fused-ring (bicyclic) bond motifs is 2. The molecule has 0 atom stereocenters. The number of benzene rings is 3. The molecule has 0 radical (unpaired) electrons. The minimum absolute atomic E-state index is 0.322. The quantitative estimate of drug-likeness (QED) is 0.243. The molecule has 45 heavy (non-hydrogen) atoms. The SMILES string of the molecule is Cc1c(-c2nc3cc(CN4CC(F)C4)cc(C#N)c3o2)cccc1-c1cccc(NC(=O)c2nc3c(n2C)CCN(C)C3)c1Cl. The Labute approximate surface area is 264 Å². The van der Waals surface area contributed by atoms with E-state index >= 15 is 0 Å². The van der Waals surface area contributed by atoms with E-state index in [1.165, 1.54) is 0 Å². The number of alkyl halides is 1. The summed E-state index contributed by atoms with van der Waals surface area (Å²) in [5, 5.41) is 13.2. The zero-order chi connectivity index (χ0) is 31.4. The number of nitrogens with zero attached hydrogens (tertiary/aromatic N) is 6. The van der Waals surface area contributed by atoms with Gasteiger partial charge in [0.15, 0.2) is 11.4 Å². The van der Waals surface area contributed by atoms with Crippen LogP contribution in [-0.4, -0.2) is 63.1 Å². The Hall–Kier alpha value is -4.56. The normalized spacial score (nSPS) is 15.6. The van der Waals surface area contributed by atoms with Crippen LogP contribution in [0.25, 0.3) is 33.7 Å². The van der Waals surface area contributed by atoms with Gasteiger partial charge in [-0.15, -0.1) is 0 Å². The van der Waals surface area contributed by atoms with Gasteiger partial charge in [0, 0.05) is 63.0 Å². The third kappa shape index (κ3) is 5.27. The molecule has 7 rings (SSSR count). The van der Waals surface area contributed by atoms with Crippen LogP contribution in [0.4, 0.5) is 10.1 Å². The van der Waals surface area contributed by atoms with Gasteiger partial charge in [-0.25, -0.2) is 14.4 Å². The molecule has 2 aromatic heterocycles. The first kappa shape index (κ1) is 29.2. The summed E-state index contributed by atoms with van der Waals surface area (Å²) in [5.41, 5.74) is 7.98. The lowest BCUT2D eigenvalue weighted by Crippen LogP contribution is -2.47. The minimum atomic E-state index is -0.794. The minimum Gasteiger partial charge on any atom is -0.435 e. The summed E-state index contributed by atoms with van der Waals surface area (Å²) in [4.78, 5) is 26.9. The Morgan fingerprint density at radius 1 is 1.13 bits per heavy atom. The van der Waals surface area contributed by atoms with Gasteiger partial charge in [0.25, 0.3) is 5.91 Å². The topological polar surface area (TPSA) is 103 Å². The number of hydrogen-bond donors (Lipinski definition) is 1. The lowest BCUT2D eigenvalue weighted by molar-refractivity contribution is 0.0591. The van der Waals surface area contributed by atoms with Crippen LogP contribution in [0, 0.1) is 18.3 Å². The van der Waals surface area contributed by atoms with Gasteiger partial charge in [-0.3, -0.25) is 9.69 Å². The van der Waals surface area contributed by atoms with Gasteiger partial charge in [0.1, 0.15) is 17.8 Å². The van der Waals surface area contributed by atoms with E-state index < -0.39 is 6.17 Å². The average Bonchev–Trinajstić information content (AvgIpc) is 3.58. The fraction of sp³-hybridized carbons (Fsp3) is 0.294. The molecule has 11 heteroatoms. The molecule has 0 aliphatic carbocycles. The molecule has 0 spiro atoms. The predicted octanol–water partition coefficient (Wildman–Crippen LogP) is 6.12. The van der Waals surface area contributed by atoms with Gasteiger partial charge in [0.05, 0.1) is 22.0 Å². The van der Waals surface area contributed by atoms with Crippen molar-refractivity contribution in [1.29, 1.82) is 5.26 Å². The molecule has 1 N–H and O–H groups in total. The highest BCUT2D eigenvalue weighted by molar-refractivity contribution is 6.36. The zero-order valence-electron chi connectivity index (χ0n) is 25.2. The van der Waals surface area contributed by atoms with Crippen LogP contribution in [0.2, 0.25) is 5.02 Å². The highest BCUT2D eigenvalue weighted by atomic mass is 35.5. The first-order chi connectivity index (χ1) is 21.7. The van der Waals surface area contributed by atoms with Crippen molar-refractivity contribution in [1.82, 2.24) is 24.3 Å². The van der Waals surface area contributed by atoms with Crippen LogP contribution in [0.1, 0.15) is 38.7 Å². The Balaban J connectivity index is 1.19. The number of likely N-dealkylation sites (N-methyl/N-ethyl adjacent to an activating group) is 1. The fourth-order valence-electron chi connectivity index (χ4n) is 6.31. The number of hydrogen-bond acceptors (Lipinski definition) is 7. The second-order valence-corrected chi connectivity index (χ2v) is 12.3. The van der Waals surface area contributed by atoms with Crippen LogP contribution in [-0.2, 0) is 26.6 Å². The standard InChI is InChI=1S/C34H31ClFN7O2/c1-19-23(25-8-5-9-26(30(25)35)39-33(44)32-38-28-18-41(2)11-10-29(28)42(32)3)6-4-7-24(19)34-40-27-13-20(15-43-16-22(36)17-43)12-21(14-37)31(27)45-34/h4-9,12-13,22H,10-11,15-18H2,1-3H3,(H,39,44). The van der Waals surface area contributed by atoms with Crippen LogP contribution >= 0.6 is 11.6 Å². The number of oxazole rings is 1. The molecular weight excluding hydrogens is 593 g/mol. The molecule has 1 fully saturated rings. The molecule has 228 valence electrons. The number of carbonyl (C=O) groups excluding carboxylic acids is 1. The molecule has 3 aromatic carbocycles. The summed E-state index contributed by atoms with van der Waals surface area (Å²) in [6.45, 7) is 4.93. The van der Waals surface area contributed by atoms with Gasteiger partial charge >= 0.3 is 0 Å². The average molecular weight is 624 g/mol. The monoisotopic (exact) mass is 623 g/mol. The zero-order valence-corrected chi connectivity index (χ0v) is 26.0. The Kier molecular flexibility index (Phi) is 7.40. The number of imidazole rings is 1. The lowest BCUT2D eigenvalue weighted by atomic mass is 9.96. The molecule has 2 aliphatic rings. The van der Waals surface area contributed by atoms with E-state index in [2.05, 4.69) is 21.3 Å². The number of nitrogens with one attached hydrogen (secondary N) is 1. The number of anilines is 1. The second-order valence-electron chi connectivity index (χ2n) is 11.9. The van der Waals surface area contributed by atoms with Crippen LogP contribution < -0.4 is 5.32 Å². The van der Waals surface area contributed by atoms with E-state index in [0.717, 1.165) is 52.2 Å². The number of amides is 1. The van der Waals surface area contributed by atoms with Gasteiger partial charge < -0.3 is 19.2 Å². The van der Waals surface area contributed by atoms with E-state index in [4.69, 9.17) is 21.0 Å². The van der Waals surface area contributed by atoms with E-state index in [1.54, 1.807) is 12.1 Å². The Morgan fingerprint density at radius 3 is 2.67 bits per heavy atom. The van der Waals surface area contributed by atoms with E-state index in [0.29, 0.717) is 65.3 Å². The highest BCUT2D eigenvalue weighted by Gasteiger charge is 2.27. The van der Waals surface area contributed by atoms with Gasteiger partial charge in [0.2, 0.25) is 5.89 Å². The summed E-state index contributed by atoms with van der Waals surface area (Å²) in [7, 11) is 3.92. The molecule has 4 heterocycles. The van der Waals surface area contributed by atoms with E-state index in [1.807, 2.05) is 66.9 Å². The summed E-state index contributed by atoms with van der Waals surface area (Å²) < 4.78 is 21.4. The maximum Gasteiger partial charge on any atom is 0.291 e. The van der Waals surface area contributed by atoms with Crippen LogP contribution in [0.15, 0.2) is 52.9 Å². The first-order valence-electron chi connectivity index (χ1n) is 14.8. The summed E-state index contributed by atoms with van der Waals surface area (Å²) >= 11 is 6.94. The molecule has 2 aliphatic heterocycles. The number of likely N-dealkylation sites (tertiary alicyclic amines) is 1. The predicted molar refractivity (Wildman–Crippen MR) is 171 cm³/mol. The van der Waals surface area contributed by atoms with E-state index in [9.17, 15) is 14.4 Å². The van der Waals surface area contributed by atoms with E-state index in [-0.39, 0.29) is 5.91 Å². The summed E-state index contributed by atoms with van der Waals surface area (Å²) in [6.07, 6.45) is 0.0458. The molecule has 1 saturated heterocycles. The first-order valence-corrected chi connectivity index (χ1v) is 15.2. The van der Waals surface area contributed by atoms with Crippen molar-refractivity contribution >= 4 is 34.3 Å². The fourth-order valence-corrected chi connectivity index (χ4v) is 6.59. The maximum absolute atomic E-state index is 13.4. The van der Waals surface area contributed by atoms with Crippen molar-refractivity contribution in [2.24, 2.45) is 7.05 Å². The van der Waals surface area contributed by atoms with Crippen LogP contribution in [0.5, 0.6) is 0 Å². The van der Waals surface area contributed by atoms with Crippen molar-refractivity contribution in [3.8, 4) is 28.7 Å².